The lowest BCUT2D eigenvalue weighted by Crippen LogP contribution is -2.04. The van der Waals surface area contributed by atoms with E-state index in [1.807, 2.05) is 0 Å². The average molecular weight is 198 g/mol. The third-order valence-corrected chi connectivity index (χ3v) is 2.39. The molecule has 0 saturated heterocycles. The van der Waals surface area contributed by atoms with Gasteiger partial charge in [-0.25, -0.2) is 0 Å². The first kappa shape index (κ1) is 10.8. The first-order valence-electron chi connectivity index (χ1n) is 4.68. The third kappa shape index (κ3) is 3.20. The number of ether oxygens (including phenoxy) is 1. The van der Waals surface area contributed by atoms with Gasteiger partial charge in [-0.1, -0.05) is 6.58 Å². The summed E-state index contributed by atoms with van der Waals surface area (Å²) in [6.07, 6.45) is 3.57. The average Bonchev–Trinajstić information content (AvgIpc) is 2.84. The number of rotatable bonds is 6. The van der Waals surface area contributed by atoms with Crippen molar-refractivity contribution in [1.29, 1.82) is 0 Å². The molecule has 0 aromatic carbocycles. The van der Waals surface area contributed by atoms with Gasteiger partial charge in [-0.05, 0) is 25.2 Å². The van der Waals surface area contributed by atoms with E-state index in [0.717, 1.165) is 19.1 Å². The van der Waals surface area contributed by atoms with Crippen LogP contribution in [0.15, 0.2) is 12.8 Å². The van der Waals surface area contributed by atoms with Crippen molar-refractivity contribution in [2.45, 2.75) is 25.7 Å². The first-order valence-corrected chi connectivity index (χ1v) is 4.68. The van der Waals surface area contributed by atoms with Crippen LogP contribution in [-0.2, 0) is 14.3 Å². The van der Waals surface area contributed by atoms with Crippen LogP contribution < -0.4 is 0 Å². The standard InChI is InChI=1S/C10H14O4/c1-2-14-10(13)8-6-7(8)4-3-5-9(11)12/h2,7-8H,1,3-6H2,(H,11,12). The largest absolute Gasteiger partial charge is 0.481 e. The third-order valence-electron chi connectivity index (χ3n) is 2.39. The molecule has 0 radical (unpaired) electrons. The van der Waals surface area contributed by atoms with Gasteiger partial charge >= 0.3 is 11.9 Å². The van der Waals surface area contributed by atoms with E-state index in [1.165, 1.54) is 0 Å². The number of carbonyl (C=O) groups is 2. The lowest BCUT2D eigenvalue weighted by atomic mass is 10.1. The van der Waals surface area contributed by atoms with Crippen molar-refractivity contribution in [3.8, 4) is 0 Å². The second-order valence-corrected chi connectivity index (χ2v) is 3.49. The summed E-state index contributed by atoms with van der Waals surface area (Å²) in [6.45, 7) is 3.30. The van der Waals surface area contributed by atoms with Gasteiger partial charge in [0, 0.05) is 6.42 Å². The van der Waals surface area contributed by atoms with E-state index in [-0.39, 0.29) is 18.3 Å². The smallest absolute Gasteiger partial charge is 0.314 e. The van der Waals surface area contributed by atoms with Crippen LogP contribution in [0.2, 0.25) is 0 Å². The minimum atomic E-state index is -0.782. The molecular weight excluding hydrogens is 184 g/mol. The van der Waals surface area contributed by atoms with Gasteiger partial charge in [0.05, 0.1) is 12.2 Å². The highest BCUT2D eigenvalue weighted by Gasteiger charge is 2.43. The van der Waals surface area contributed by atoms with Gasteiger partial charge < -0.3 is 9.84 Å². The molecule has 4 heteroatoms. The van der Waals surface area contributed by atoms with E-state index in [4.69, 9.17) is 5.11 Å². The number of hydrogen-bond acceptors (Lipinski definition) is 3. The molecule has 0 aromatic heterocycles. The van der Waals surface area contributed by atoms with Crippen LogP contribution in [0, 0.1) is 11.8 Å². The molecule has 78 valence electrons. The van der Waals surface area contributed by atoms with Crippen LogP contribution in [0.4, 0.5) is 0 Å². The molecule has 0 heterocycles. The number of aliphatic carboxylic acids is 1. The summed E-state index contributed by atoms with van der Waals surface area (Å²) in [5.41, 5.74) is 0. The predicted molar refractivity (Wildman–Crippen MR) is 49.4 cm³/mol. The maximum Gasteiger partial charge on any atom is 0.314 e. The molecule has 2 unspecified atom stereocenters. The van der Waals surface area contributed by atoms with Crippen LogP contribution in [0.5, 0.6) is 0 Å². The highest BCUT2D eigenvalue weighted by atomic mass is 16.5. The maximum absolute atomic E-state index is 11.1. The zero-order chi connectivity index (χ0) is 10.6. The number of carboxylic acids is 1. The molecule has 0 spiro atoms. The minimum absolute atomic E-state index is 0.0261. The molecule has 1 aliphatic carbocycles. The predicted octanol–water partition coefficient (Wildman–Crippen LogP) is 1.56. The summed E-state index contributed by atoms with van der Waals surface area (Å²) >= 11 is 0. The SMILES string of the molecule is C=COC(=O)C1CC1CCCC(=O)O. The van der Waals surface area contributed by atoms with Crippen molar-refractivity contribution in [1.82, 2.24) is 0 Å². The zero-order valence-electron chi connectivity index (χ0n) is 7.94. The second-order valence-electron chi connectivity index (χ2n) is 3.49. The number of carbonyl (C=O) groups excluding carboxylic acids is 1. The van der Waals surface area contributed by atoms with E-state index in [9.17, 15) is 9.59 Å². The van der Waals surface area contributed by atoms with Crippen molar-refractivity contribution in [2.75, 3.05) is 0 Å². The topological polar surface area (TPSA) is 63.6 Å². The van der Waals surface area contributed by atoms with E-state index in [0.29, 0.717) is 12.3 Å². The van der Waals surface area contributed by atoms with Crippen molar-refractivity contribution in [3.05, 3.63) is 12.8 Å². The number of carboxylic acid groups (broad SMARTS) is 1. The van der Waals surface area contributed by atoms with Gasteiger partial charge in [-0.3, -0.25) is 9.59 Å². The summed E-state index contributed by atoms with van der Waals surface area (Å²) < 4.78 is 4.63. The molecule has 4 nitrogen and oxygen atoms in total. The number of hydrogen-bond donors (Lipinski definition) is 1. The van der Waals surface area contributed by atoms with Crippen LogP contribution in [0.25, 0.3) is 0 Å². The fourth-order valence-electron chi connectivity index (χ4n) is 1.54. The second kappa shape index (κ2) is 4.79. The van der Waals surface area contributed by atoms with Gasteiger partial charge in [0.25, 0.3) is 0 Å². The molecule has 0 aromatic rings. The van der Waals surface area contributed by atoms with Crippen LogP contribution in [0.3, 0.4) is 0 Å². The summed E-state index contributed by atoms with van der Waals surface area (Å²) in [7, 11) is 0. The Bertz CT molecular complexity index is 247. The molecule has 1 aliphatic rings. The Kier molecular flexibility index (Phi) is 3.68. The highest BCUT2D eigenvalue weighted by molar-refractivity contribution is 5.76. The highest BCUT2D eigenvalue weighted by Crippen LogP contribution is 2.43. The van der Waals surface area contributed by atoms with Crippen molar-refractivity contribution in [2.24, 2.45) is 11.8 Å². The Labute approximate surface area is 82.6 Å². The normalized spacial score (nSPS) is 24.0. The van der Waals surface area contributed by atoms with Crippen LogP contribution >= 0.6 is 0 Å². The van der Waals surface area contributed by atoms with E-state index < -0.39 is 5.97 Å². The van der Waals surface area contributed by atoms with E-state index >= 15 is 0 Å². The molecule has 1 N–H and O–H groups in total. The van der Waals surface area contributed by atoms with Gasteiger partial charge in [0.15, 0.2) is 0 Å². The molecule has 0 bridgehead atoms. The fraction of sp³-hybridized carbons (Fsp3) is 0.600. The molecule has 1 rings (SSSR count). The van der Waals surface area contributed by atoms with E-state index in [2.05, 4.69) is 11.3 Å². The molecule has 0 amide bonds. The lowest BCUT2D eigenvalue weighted by Gasteiger charge is -1.97. The number of esters is 1. The Morgan fingerprint density at radius 3 is 2.86 bits per heavy atom. The summed E-state index contributed by atoms with van der Waals surface area (Å²) in [6, 6.07) is 0. The van der Waals surface area contributed by atoms with Crippen molar-refractivity contribution >= 4 is 11.9 Å². The Hall–Kier alpha value is -1.32. The summed E-state index contributed by atoms with van der Waals surface area (Å²) in [5.74, 6) is -0.722. The van der Waals surface area contributed by atoms with Gasteiger partial charge in [0.1, 0.15) is 0 Å². The van der Waals surface area contributed by atoms with Crippen LogP contribution in [-0.4, -0.2) is 17.0 Å². The van der Waals surface area contributed by atoms with Crippen molar-refractivity contribution in [3.63, 3.8) is 0 Å². The summed E-state index contributed by atoms with van der Waals surface area (Å²) in [5, 5.41) is 8.40. The molecular formula is C10H14O4. The Morgan fingerprint density at radius 2 is 2.29 bits per heavy atom. The molecule has 0 aliphatic heterocycles. The zero-order valence-corrected chi connectivity index (χ0v) is 7.94. The lowest BCUT2D eigenvalue weighted by molar-refractivity contribution is -0.139. The quantitative estimate of drug-likeness (QED) is 0.519. The van der Waals surface area contributed by atoms with E-state index in [1.54, 1.807) is 0 Å². The molecule has 1 fully saturated rings. The Balaban J connectivity index is 2.10. The Morgan fingerprint density at radius 1 is 1.57 bits per heavy atom. The van der Waals surface area contributed by atoms with Gasteiger partial charge in [-0.15, -0.1) is 0 Å². The first-order chi connectivity index (χ1) is 6.65. The molecule has 1 saturated carbocycles. The monoisotopic (exact) mass is 198 g/mol. The van der Waals surface area contributed by atoms with Gasteiger partial charge in [0.2, 0.25) is 0 Å². The van der Waals surface area contributed by atoms with Crippen molar-refractivity contribution < 1.29 is 19.4 Å². The molecule has 2 atom stereocenters. The van der Waals surface area contributed by atoms with Crippen LogP contribution in [0.1, 0.15) is 25.7 Å². The minimum Gasteiger partial charge on any atom is -0.481 e. The fourth-order valence-corrected chi connectivity index (χ4v) is 1.54. The summed E-state index contributed by atoms with van der Waals surface area (Å²) in [4.78, 5) is 21.3. The molecule has 14 heavy (non-hydrogen) atoms. The van der Waals surface area contributed by atoms with Gasteiger partial charge in [-0.2, -0.15) is 0 Å². The maximum atomic E-state index is 11.1.